The molecule has 1 aromatic carbocycles. The number of carboxylic acids is 1. The number of carboxylic acid groups (broad SMARTS) is 1. The molecule has 0 aliphatic carbocycles. The van der Waals surface area contributed by atoms with Gasteiger partial charge in [0.05, 0.1) is 21.2 Å². The van der Waals surface area contributed by atoms with Crippen LogP contribution in [0.4, 0.5) is 5.69 Å². The molecule has 0 atom stereocenters. The van der Waals surface area contributed by atoms with Gasteiger partial charge in [0.15, 0.2) is 5.69 Å². The molecule has 3 rings (SSSR count). The standard InChI is InChI=1S/C22H20ClN3O5S/c1-22(2,3)13-6-8-15(9-7-13)32(30,31)26-17-11-14(23)12-25-19(17)20(27)16-5-4-10-24-18(16)21(28)29/h4-12,26H,1-3H3,(H,28,29). The Morgan fingerprint density at radius 1 is 1.03 bits per heavy atom. The van der Waals surface area contributed by atoms with E-state index in [1.165, 1.54) is 42.7 Å². The average Bonchev–Trinajstić information content (AvgIpc) is 2.72. The number of hydrogen-bond donors (Lipinski definition) is 2. The fraction of sp³-hybridized carbons (Fsp3) is 0.182. The molecule has 0 aliphatic rings. The van der Waals surface area contributed by atoms with E-state index in [0.717, 1.165) is 5.56 Å². The van der Waals surface area contributed by atoms with Crippen molar-refractivity contribution in [3.8, 4) is 0 Å². The molecule has 2 N–H and O–H groups in total. The summed E-state index contributed by atoms with van der Waals surface area (Å²) in [5, 5.41) is 9.41. The highest BCUT2D eigenvalue weighted by Gasteiger charge is 2.25. The number of carbonyl (C=O) groups excluding carboxylic acids is 1. The highest BCUT2D eigenvalue weighted by Crippen LogP contribution is 2.27. The summed E-state index contributed by atoms with van der Waals surface area (Å²) >= 11 is 5.98. The van der Waals surface area contributed by atoms with E-state index >= 15 is 0 Å². The molecule has 0 aliphatic heterocycles. The molecular formula is C22H20ClN3O5S. The second-order valence-corrected chi connectivity index (χ2v) is 10.1. The molecule has 32 heavy (non-hydrogen) atoms. The third-order valence-electron chi connectivity index (χ3n) is 4.60. The van der Waals surface area contributed by atoms with Crippen molar-refractivity contribution in [3.05, 3.63) is 82.4 Å². The number of halogens is 1. The maximum atomic E-state index is 13.0. The van der Waals surface area contributed by atoms with Gasteiger partial charge in [-0.15, -0.1) is 0 Å². The fourth-order valence-corrected chi connectivity index (χ4v) is 4.14. The number of hydrogen-bond acceptors (Lipinski definition) is 6. The Bertz CT molecular complexity index is 1300. The lowest BCUT2D eigenvalue weighted by Crippen LogP contribution is -2.19. The Balaban J connectivity index is 2.02. The average molecular weight is 474 g/mol. The third-order valence-corrected chi connectivity index (χ3v) is 6.19. The van der Waals surface area contributed by atoms with Gasteiger partial charge in [0.2, 0.25) is 5.78 Å². The molecule has 0 unspecified atom stereocenters. The first-order chi connectivity index (χ1) is 14.9. The zero-order chi connectivity index (χ0) is 23.7. The van der Waals surface area contributed by atoms with Crippen LogP contribution in [0.5, 0.6) is 0 Å². The van der Waals surface area contributed by atoms with Gasteiger partial charge in [-0.1, -0.05) is 44.5 Å². The van der Waals surface area contributed by atoms with E-state index in [2.05, 4.69) is 14.7 Å². The molecule has 0 amide bonds. The van der Waals surface area contributed by atoms with Crippen molar-refractivity contribution in [1.29, 1.82) is 0 Å². The van der Waals surface area contributed by atoms with Crippen LogP contribution < -0.4 is 4.72 Å². The fourth-order valence-electron chi connectivity index (χ4n) is 2.92. The number of aromatic nitrogens is 2. The molecule has 8 nitrogen and oxygen atoms in total. The maximum absolute atomic E-state index is 13.0. The van der Waals surface area contributed by atoms with Gasteiger partial charge in [-0.25, -0.2) is 23.2 Å². The molecule has 0 spiro atoms. The van der Waals surface area contributed by atoms with Crippen LogP contribution >= 0.6 is 11.6 Å². The van der Waals surface area contributed by atoms with Crippen LogP contribution in [-0.4, -0.2) is 35.2 Å². The number of sulfonamides is 1. The van der Waals surface area contributed by atoms with Crippen LogP contribution in [0.3, 0.4) is 0 Å². The first-order valence-electron chi connectivity index (χ1n) is 9.42. The normalized spacial score (nSPS) is 11.8. The van der Waals surface area contributed by atoms with Crippen molar-refractivity contribution >= 4 is 39.1 Å². The van der Waals surface area contributed by atoms with Crippen molar-refractivity contribution < 1.29 is 23.1 Å². The van der Waals surface area contributed by atoms with Crippen LogP contribution in [0.2, 0.25) is 5.02 Å². The maximum Gasteiger partial charge on any atom is 0.355 e. The zero-order valence-corrected chi connectivity index (χ0v) is 19.0. The lowest BCUT2D eigenvalue weighted by molar-refractivity contribution is 0.0686. The molecular weight excluding hydrogens is 454 g/mol. The summed E-state index contributed by atoms with van der Waals surface area (Å²) in [5.41, 5.74) is -0.389. The molecule has 2 heterocycles. The largest absolute Gasteiger partial charge is 0.476 e. The minimum atomic E-state index is -4.09. The number of benzene rings is 1. The molecule has 2 aromatic heterocycles. The Morgan fingerprint density at radius 3 is 2.28 bits per heavy atom. The molecule has 166 valence electrons. The number of carbonyl (C=O) groups is 2. The van der Waals surface area contributed by atoms with Gasteiger partial charge >= 0.3 is 5.97 Å². The first kappa shape index (κ1) is 23.4. The Morgan fingerprint density at radius 2 is 1.69 bits per heavy atom. The van der Waals surface area contributed by atoms with Crippen LogP contribution in [0.25, 0.3) is 0 Å². The van der Waals surface area contributed by atoms with Gasteiger partial charge in [-0.2, -0.15) is 0 Å². The minimum absolute atomic E-state index is 0.0172. The van der Waals surface area contributed by atoms with Gasteiger partial charge in [0, 0.05) is 12.4 Å². The van der Waals surface area contributed by atoms with E-state index in [9.17, 15) is 23.1 Å². The topological polar surface area (TPSA) is 126 Å². The number of nitrogens with zero attached hydrogens (tertiary/aromatic N) is 2. The SMILES string of the molecule is CC(C)(C)c1ccc(S(=O)(=O)Nc2cc(Cl)cnc2C(=O)c2cccnc2C(=O)O)cc1. The molecule has 0 saturated carbocycles. The molecule has 3 aromatic rings. The van der Waals surface area contributed by atoms with E-state index in [1.807, 2.05) is 20.8 Å². The molecule has 0 saturated heterocycles. The van der Waals surface area contributed by atoms with Crippen LogP contribution in [-0.2, 0) is 15.4 Å². The Labute approximate surface area is 190 Å². The van der Waals surface area contributed by atoms with Gasteiger partial charge in [0.25, 0.3) is 10.0 Å². The second kappa shape index (κ2) is 8.68. The number of ketones is 1. The molecule has 10 heteroatoms. The number of pyridine rings is 2. The molecule has 0 fully saturated rings. The number of anilines is 1. The van der Waals surface area contributed by atoms with Crippen LogP contribution in [0, 0.1) is 0 Å². The highest BCUT2D eigenvalue weighted by molar-refractivity contribution is 7.92. The summed E-state index contributed by atoms with van der Waals surface area (Å²) in [6.07, 6.45) is 2.40. The lowest BCUT2D eigenvalue weighted by Gasteiger charge is -2.19. The number of nitrogens with one attached hydrogen (secondary N) is 1. The van der Waals surface area contributed by atoms with E-state index in [1.54, 1.807) is 12.1 Å². The Hall–Kier alpha value is -3.30. The third kappa shape index (κ3) is 4.95. The van der Waals surface area contributed by atoms with Crippen molar-refractivity contribution in [2.75, 3.05) is 4.72 Å². The zero-order valence-electron chi connectivity index (χ0n) is 17.5. The van der Waals surface area contributed by atoms with Crippen LogP contribution in [0.1, 0.15) is 52.9 Å². The monoisotopic (exact) mass is 473 g/mol. The van der Waals surface area contributed by atoms with Crippen molar-refractivity contribution in [2.45, 2.75) is 31.1 Å². The van der Waals surface area contributed by atoms with Gasteiger partial charge < -0.3 is 5.11 Å². The van der Waals surface area contributed by atoms with Gasteiger partial charge in [-0.05, 0) is 41.3 Å². The van der Waals surface area contributed by atoms with Crippen molar-refractivity contribution in [2.24, 2.45) is 0 Å². The molecule has 0 radical (unpaired) electrons. The first-order valence-corrected chi connectivity index (χ1v) is 11.3. The van der Waals surface area contributed by atoms with Gasteiger partial charge in [0.1, 0.15) is 5.69 Å². The summed E-state index contributed by atoms with van der Waals surface area (Å²) < 4.78 is 28.3. The smallest absolute Gasteiger partial charge is 0.355 e. The van der Waals surface area contributed by atoms with E-state index in [-0.39, 0.29) is 32.3 Å². The summed E-state index contributed by atoms with van der Waals surface area (Å²) in [7, 11) is -4.09. The quantitative estimate of drug-likeness (QED) is 0.514. The summed E-state index contributed by atoms with van der Waals surface area (Å²) in [5.74, 6) is -2.21. The predicted octanol–water partition coefficient (Wildman–Crippen LogP) is 4.16. The number of aromatic carboxylic acids is 1. The summed E-state index contributed by atoms with van der Waals surface area (Å²) in [6, 6.07) is 10.3. The molecule has 0 bridgehead atoms. The van der Waals surface area contributed by atoms with Crippen LogP contribution in [0.15, 0.2) is 59.8 Å². The second-order valence-electron chi connectivity index (χ2n) is 7.96. The Kier molecular flexibility index (Phi) is 6.34. The van der Waals surface area contributed by atoms with Gasteiger partial charge in [-0.3, -0.25) is 9.52 Å². The minimum Gasteiger partial charge on any atom is -0.476 e. The summed E-state index contributed by atoms with van der Waals surface area (Å²) in [6.45, 7) is 6.02. The predicted molar refractivity (Wildman–Crippen MR) is 120 cm³/mol. The lowest BCUT2D eigenvalue weighted by atomic mass is 9.87. The van der Waals surface area contributed by atoms with Crippen molar-refractivity contribution in [1.82, 2.24) is 9.97 Å². The van der Waals surface area contributed by atoms with Crippen molar-refractivity contribution in [3.63, 3.8) is 0 Å². The number of rotatable bonds is 6. The highest BCUT2D eigenvalue weighted by atomic mass is 35.5. The summed E-state index contributed by atoms with van der Waals surface area (Å²) in [4.78, 5) is 32.1. The van der Waals surface area contributed by atoms with E-state index in [4.69, 9.17) is 11.6 Å². The van der Waals surface area contributed by atoms with E-state index < -0.39 is 27.5 Å². The van der Waals surface area contributed by atoms with E-state index in [0.29, 0.717) is 0 Å².